The molecule has 0 fully saturated rings. The molecule has 2 aromatic rings. The highest BCUT2D eigenvalue weighted by molar-refractivity contribution is 5.97. The quantitative estimate of drug-likeness (QED) is 0.652. The first-order valence-corrected chi connectivity index (χ1v) is 6.85. The maximum absolute atomic E-state index is 11.3. The highest BCUT2D eigenvalue weighted by Gasteiger charge is 2.07. The number of nitrogens with one attached hydrogen (secondary N) is 2. The average molecular weight is 282 g/mol. The van der Waals surface area contributed by atoms with E-state index in [2.05, 4.69) is 29.1 Å². The number of nitrogens with zero attached hydrogens (tertiary/aromatic N) is 2. The molecule has 2 rings (SSSR count). The summed E-state index contributed by atoms with van der Waals surface area (Å²) in [4.78, 5) is 18.7. The molecule has 0 unspecified atom stereocenters. The predicted molar refractivity (Wildman–Crippen MR) is 82.9 cm³/mol. The number of ketones is 1. The Balaban J connectivity index is 2.32. The Morgan fingerprint density at radius 2 is 2.33 bits per heavy atom. The third-order valence-electron chi connectivity index (χ3n) is 3.10. The molecule has 21 heavy (non-hydrogen) atoms. The van der Waals surface area contributed by atoms with Crippen LogP contribution in [0, 0.1) is 11.3 Å². The first-order valence-electron chi connectivity index (χ1n) is 6.85. The fourth-order valence-corrected chi connectivity index (χ4v) is 2.12. The molecule has 108 valence electrons. The fraction of sp³-hybridized carbons (Fsp3) is 0.312. The van der Waals surface area contributed by atoms with Gasteiger partial charge in [-0.25, -0.2) is 4.98 Å². The van der Waals surface area contributed by atoms with Crippen LogP contribution in [0.2, 0.25) is 0 Å². The van der Waals surface area contributed by atoms with E-state index in [1.807, 2.05) is 18.3 Å². The summed E-state index contributed by atoms with van der Waals surface area (Å²) in [5, 5.41) is 13.2. The van der Waals surface area contributed by atoms with Gasteiger partial charge in [0.2, 0.25) is 0 Å². The zero-order valence-corrected chi connectivity index (χ0v) is 12.4. The minimum absolute atomic E-state index is 0.189. The van der Waals surface area contributed by atoms with Crippen LogP contribution >= 0.6 is 0 Å². The van der Waals surface area contributed by atoms with Gasteiger partial charge in [0, 0.05) is 17.6 Å². The number of anilines is 1. The van der Waals surface area contributed by atoms with Gasteiger partial charge in [-0.15, -0.1) is 0 Å². The lowest BCUT2D eigenvalue weighted by molar-refractivity contribution is -0.113. The van der Waals surface area contributed by atoms with Gasteiger partial charge in [-0.3, -0.25) is 4.79 Å². The first-order chi connectivity index (χ1) is 10.0. The molecule has 0 aliphatic heterocycles. The molecule has 0 aliphatic carbocycles. The van der Waals surface area contributed by atoms with E-state index in [-0.39, 0.29) is 11.4 Å². The van der Waals surface area contributed by atoms with Gasteiger partial charge in [-0.1, -0.05) is 6.08 Å². The number of carbonyl (C=O) groups is 1. The van der Waals surface area contributed by atoms with Crippen molar-refractivity contribution in [1.82, 2.24) is 9.97 Å². The van der Waals surface area contributed by atoms with Gasteiger partial charge in [-0.05, 0) is 38.8 Å². The van der Waals surface area contributed by atoms with E-state index in [1.54, 1.807) is 12.3 Å². The van der Waals surface area contributed by atoms with Crippen molar-refractivity contribution in [3.63, 3.8) is 0 Å². The topological polar surface area (TPSA) is 81.6 Å². The van der Waals surface area contributed by atoms with Gasteiger partial charge in [-0.2, -0.15) is 5.26 Å². The van der Waals surface area contributed by atoms with Crippen LogP contribution < -0.4 is 5.32 Å². The zero-order valence-electron chi connectivity index (χ0n) is 12.4. The maximum atomic E-state index is 11.3. The molecule has 2 aromatic heterocycles. The molecule has 0 radical (unpaired) electrons. The van der Waals surface area contributed by atoms with Gasteiger partial charge in [0.15, 0.2) is 5.78 Å². The smallest absolute Gasteiger partial charge is 0.169 e. The molecule has 0 saturated carbocycles. The van der Waals surface area contributed by atoms with Crippen molar-refractivity contribution in [2.45, 2.75) is 33.2 Å². The first kappa shape index (κ1) is 14.8. The Kier molecular flexibility index (Phi) is 4.39. The van der Waals surface area contributed by atoms with E-state index in [1.165, 1.54) is 6.92 Å². The molecule has 0 bridgehead atoms. The van der Waals surface area contributed by atoms with Crippen LogP contribution in [0.5, 0.6) is 0 Å². The van der Waals surface area contributed by atoms with Gasteiger partial charge >= 0.3 is 0 Å². The van der Waals surface area contributed by atoms with Crippen molar-refractivity contribution in [2.24, 2.45) is 0 Å². The number of carbonyl (C=O) groups excluding carboxylic acids is 1. The number of H-pyrrole nitrogens is 1. The van der Waals surface area contributed by atoms with E-state index < -0.39 is 0 Å². The van der Waals surface area contributed by atoms with Crippen LogP contribution in [0.15, 0.2) is 30.1 Å². The normalized spacial score (nSPS) is 11.7. The Hall–Kier alpha value is -2.61. The summed E-state index contributed by atoms with van der Waals surface area (Å²) in [6.07, 6.45) is 5.83. The van der Waals surface area contributed by atoms with Crippen LogP contribution in [-0.4, -0.2) is 21.8 Å². The van der Waals surface area contributed by atoms with Crippen LogP contribution in [0.4, 0.5) is 5.69 Å². The summed E-state index contributed by atoms with van der Waals surface area (Å²) >= 11 is 0. The molecule has 2 N–H and O–H groups in total. The van der Waals surface area contributed by atoms with Crippen molar-refractivity contribution in [3.05, 3.63) is 35.7 Å². The van der Waals surface area contributed by atoms with Crippen LogP contribution in [0.3, 0.4) is 0 Å². The van der Waals surface area contributed by atoms with Crippen molar-refractivity contribution in [2.75, 3.05) is 5.32 Å². The molecule has 0 atom stereocenters. The summed E-state index contributed by atoms with van der Waals surface area (Å²) in [5.41, 5.74) is 2.95. The van der Waals surface area contributed by atoms with E-state index in [9.17, 15) is 4.79 Å². The van der Waals surface area contributed by atoms with Crippen molar-refractivity contribution in [1.29, 1.82) is 5.26 Å². The molecule has 0 amide bonds. The summed E-state index contributed by atoms with van der Waals surface area (Å²) in [6.45, 7) is 5.53. The Bertz CT molecular complexity index is 734. The number of nitriles is 1. The van der Waals surface area contributed by atoms with Crippen molar-refractivity contribution < 1.29 is 4.79 Å². The monoisotopic (exact) mass is 282 g/mol. The second-order valence-electron chi connectivity index (χ2n) is 5.22. The number of hydrogen-bond donors (Lipinski definition) is 2. The second-order valence-corrected chi connectivity index (χ2v) is 5.22. The number of allylic oxidation sites excluding steroid dienone is 2. The summed E-state index contributed by atoms with van der Waals surface area (Å²) in [7, 11) is 0. The predicted octanol–water partition coefficient (Wildman–Crippen LogP) is 2.96. The highest BCUT2D eigenvalue weighted by atomic mass is 16.1. The molecule has 5 heteroatoms. The lowest BCUT2D eigenvalue weighted by Crippen LogP contribution is -2.09. The fourth-order valence-electron chi connectivity index (χ4n) is 2.12. The number of aromatic amines is 1. The standard InChI is InChI=1S/C16H18N4O/c1-10(2)20-14-6-15-13(8-18-16(15)19-9-14)5-4-12(7-17)11(3)21/h4,6,8-10,20H,5H2,1-3H3,(H,18,19)/b12-4+. The molecular weight excluding hydrogens is 264 g/mol. The van der Waals surface area contributed by atoms with Crippen molar-refractivity contribution in [3.8, 4) is 6.07 Å². The third kappa shape index (κ3) is 3.48. The second kappa shape index (κ2) is 6.23. The van der Waals surface area contributed by atoms with Crippen LogP contribution in [-0.2, 0) is 11.2 Å². The van der Waals surface area contributed by atoms with Crippen LogP contribution in [0.1, 0.15) is 26.3 Å². The van der Waals surface area contributed by atoms with Gasteiger partial charge < -0.3 is 10.3 Å². The largest absolute Gasteiger partial charge is 0.382 e. The lowest BCUT2D eigenvalue weighted by atomic mass is 10.1. The SMILES string of the molecule is CC(=O)/C(C#N)=C/Cc1c[nH]c2ncc(NC(C)C)cc12. The number of rotatable bonds is 5. The highest BCUT2D eigenvalue weighted by Crippen LogP contribution is 2.21. The van der Waals surface area contributed by atoms with Gasteiger partial charge in [0.05, 0.1) is 17.5 Å². The molecule has 0 aromatic carbocycles. The number of fused-ring (bicyclic) bond motifs is 1. The number of pyridine rings is 1. The molecule has 2 heterocycles. The van der Waals surface area contributed by atoms with Gasteiger partial charge in [0.1, 0.15) is 11.7 Å². The minimum atomic E-state index is -0.211. The third-order valence-corrected chi connectivity index (χ3v) is 3.10. The molecule has 0 spiro atoms. The van der Waals surface area contributed by atoms with E-state index in [4.69, 9.17) is 5.26 Å². The number of hydrogen-bond acceptors (Lipinski definition) is 4. The molecule has 0 aliphatic rings. The Labute approximate surface area is 123 Å². The van der Waals surface area contributed by atoms with E-state index in [0.717, 1.165) is 22.3 Å². The van der Waals surface area contributed by atoms with E-state index in [0.29, 0.717) is 12.5 Å². The zero-order chi connectivity index (χ0) is 15.4. The molecule has 0 saturated heterocycles. The maximum Gasteiger partial charge on any atom is 0.169 e. The summed E-state index contributed by atoms with van der Waals surface area (Å²) < 4.78 is 0. The summed E-state index contributed by atoms with van der Waals surface area (Å²) in [5.74, 6) is -0.211. The average Bonchev–Trinajstić information content (AvgIpc) is 2.81. The minimum Gasteiger partial charge on any atom is -0.382 e. The summed E-state index contributed by atoms with van der Waals surface area (Å²) in [6, 6.07) is 4.28. The van der Waals surface area contributed by atoms with Crippen molar-refractivity contribution >= 4 is 22.5 Å². The number of aromatic nitrogens is 2. The van der Waals surface area contributed by atoms with Gasteiger partial charge in [0.25, 0.3) is 0 Å². The molecular formula is C16H18N4O. The van der Waals surface area contributed by atoms with Crippen LogP contribution in [0.25, 0.3) is 11.0 Å². The Morgan fingerprint density at radius 3 is 2.95 bits per heavy atom. The Morgan fingerprint density at radius 1 is 1.57 bits per heavy atom. The van der Waals surface area contributed by atoms with E-state index >= 15 is 0 Å². The molecule has 5 nitrogen and oxygen atoms in total. The number of Topliss-reactive ketones (excluding diaryl/α,β-unsaturated/α-hetero) is 1. The lowest BCUT2D eigenvalue weighted by Gasteiger charge is -2.09.